The maximum absolute atomic E-state index is 2.39. The van der Waals surface area contributed by atoms with Gasteiger partial charge in [0.05, 0.1) is 0 Å². The Bertz CT molecular complexity index is 527. The summed E-state index contributed by atoms with van der Waals surface area (Å²) in [6, 6.07) is 19.9. The Morgan fingerprint density at radius 2 is 1.39 bits per heavy atom. The molecule has 0 bridgehead atoms. The van der Waals surface area contributed by atoms with E-state index in [2.05, 4.69) is 68.4 Å². The maximum atomic E-state index is 2.39. The first-order valence-corrected chi connectivity index (χ1v) is 6.91. The molecule has 0 aromatic heterocycles. The quantitative estimate of drug-likeness (QED) is 0.656. The summed E-state index contributed by atoms with van der Waals surface area (Å²) >= 11 is 0. The van der Waals surface area contributed by atoms with Crippen LogP contribution in [-0.2, 0) is 0 Å². The zero-order chi connectivity index (χ0) is 12.5. The molecule has 18 heavy (non-hydrogen) atoms. The number of fused-ring (bicyclic) bond motifs is 1. The van der Waals surface area contributed by atoms with E-state index in [0.717, 1.165) is 5.92 Å². The minimum Gasteiger partial charge on any atom is -0.0622 e. The molecule has 0 heterocycles. The Labute approximate surface area is 110 Å². The van der Waals surface area contributed by atoms with Gasteiger partial charge in [0.15, 0.2) is 0 Å². The minimum atomic E-state index is 0.568. The third kappa shape index (κ3) is 1.86. The highest BCUT2D eigenvalue weighted by Gasteiger charge is 2.30. The molecule has 2 aromatic carbocycles. The van der Waals surface area contributed by atoms with Crippen LogP contribution < -0.4 is 0 Å². The zero-order valence-corrected chi connectivity index (χ0v) is 11.1. The van der Waals surface area contributed by atoms with E-state index in [0.29, 0.717) is 11.8 Å². The van der Waals surface area contributed by atoms with Crippen LogP contribution >= 0.6 is 0 Å². The van der Waals surface area contributed by atoms with Gasteiger partial charge >= 0.3 is 0 Å². The predicted molar refractivity (Wildman–Crippen MR) is 76.9 cm³/mol. The first-order chi connectivity index (χ1) is 8.77. The van der Waals surface area contributed by atoms with E-state index in [1.165, 1.54) is 17.5 Å². The molecule has 92 valence electrons. The van der Waals surface area contributed by atoms with E-state index in [9.17, 15) is 0 Å². The van der Waals surface area contributed by atoms with Crippen LogP contribution in [0.4, 0.5) is 0 Å². The Balaban J connectivity index is 2.12. The topological polar surface area (TPSA) is 0 Å². The average Bonchev–Trinajstić information content (AvgIpc) is 2.40. The molecule has 3 rings (SSSR count). The highest BCUT2D eigenvalue weighted by Crippen LogP contribution is 2.45. The maximum Gasteiger partial charge on any atom is 0.0118 e. The average molecular weight is 236 g/mol. The molecule has 0 saturated carbocycles. The number of rotatable bonds is 1. The normalized spacial score (nSPS) is 26.7. The molecule has 3 atom stereocenters. The van der Waals surface area contributed by atoms with Crippen LogP contribution in [-0.4, -0.2) is 0 Å². The first kappa shape index (κ1) is 11.5. The minimum absolute atomic E-state index is 0.568. The predicted octanol–water partition coefficient (Wildman–Crippen LogP) is 4.96. The summed E-state index contributed by atoms with van der Waals surface area (Å²) in [6.07, 6.45) is 1.29. The Hall–Kier alpha value is -1.56. The van der Waals surface area contributed by atoms with Crippen LogP contribution in [0.5, 0.6) is 0 Å². The van der Waals surface area contributed by atoms with Gasteiger partial charge in [-0.25, -0.2) is 0 Å². The van der Waals surface area contributed by atoms with Crippen molar-refractivity contribution in [3.63, 3.8) is 0 Å². The van der Waals surface area contributed by atoms with Crippen LogP contribution in [0.25, 0.3) is 0 Å². The molecular weight excluding hydrogens is 216 g/mol. The fourth-order valence-electron chi connectivity index (χ4n) is 3.54. The van der Waals surface area contributed by atoms with Gasteiger partial charge in [0.1, 0.15) is 0 Å². The smallest absolute Gasteiger partial charge is 0.0118 e. The fourth-order valence-corrected chi connectivity index (χ4v) is 3.54. The highest BCUT2D eigenvalue weighted by molar-refractivity contribution is 5.42. The lowest BCUT2D eigenvalue weighted by Crippen LogP contribution is -2.21. The van der Waals surface area contributed by atoms with Gasteiger partial charge in [-0.2, -0.15) is 0 Å². The summed E-state index contributed by atoms with van der Waals surface area (Å²) in [6.45, 7) is 4.75. The van der Waals surface area contributed by atoms with E-state index in [4.69, 9.17) is 0 Å². The molecule has 0 radical (unpaired) electrons. The molecular formula is C18H20. The molecule has 0 heteroatoms. The Kier molecular flexibility index (Phi) is 2.95. The van der Waals surface area contributed by atoms with Crippen LogP contribution in [0.15, 0.2) is 54.6 Å². The van der Waals surface area contributed by atoms with Crippen LogP contribution in [0.1, 0.15) is 48.8 Å². The van der Waals surface area contributed by atoms with Gasteiger partial charge in [-0.05, 0) is 34.9 Å². The number of benzene rings is 2. The molecule has 0 fully saturated rings. The summed E-state index contributed by atoms with van der Waals surface area (Å²) in [4.78, 5) is 0. The van der Waals surface area contributed by atoms with Crippen molar-refractivity contribution in [1.82, 2.24) is 0 Å². The first-order valence-electron chi connectivity index (χ1n) is 6.91. The van der Waals surface area contributed by atoms with Crippen molar-refractivity contribution in [2.75, 3.05) is 0 Å². The second-order valence-electron chi connectivity index (χ2n) is 5.63. The van der Waals surface area contributed by atoms with Crippen molar-refractivity contribution in [3.05, 3.63) is 71.3 Å². The van der Waals surface area contributed by atoms with E-state index >= 15 is 0 Å². The Morgan fingerprint density at radius 1 is 0.778 bits per heavy atom. The summed E-state index contributed by atoms with van der Waals surface area (Å²) in [7, 11) is 0. The Morgan fingerprint density at radius 3 is 2.11 bits per heavy atom. The molecule has 0 amide bonds. The summed E-state index contributed by atoms with van der Waals surface area (Å²) in [5, 5.41) is 0. The summed E-state index contributed by atoms with van der Waals surface area (Å²) < 4.78 is 0. The van der Waals surface area contributed by atoms with Gasteiger partial charge in [0, 0.05) is 5.92 Å². The van der Waals surface area contributed by atoms with Crippen molar-refractivity contribution in [2.45, 2.75) is 32.1 Å². The van der Waals surface area contributed by atoms with Crippen molar-refractivity contribution in [3.8, 4) is 0 Å². The fraction of sp³-hybridized carbons (Fsp3) is 0.333. The second kappa shape index (κ2) is 4.61. The van der Waals surface area contributed by atoms with Gasteiger partial charge in [-0.15, -0.1) is 0 Å². The van der Waals surface area contributed by atoms with E-state index in [1.54, 1.807) is 5.56 Å². The van der Waals surface area contributed by atoms with Crippen LogP contribution in [0.2, 0.25) is 0 Å². The van der Waals surface area contributed by atoms with Gasteiger partial charge in [-0.3, -0.25) is 0 Å². The van der Waals surface area contributed by atoms with Crippen LogP contribution in [0, 0.1) is 5.92 Å². The van der Waals surface area contributed by atoms with E-state index in [1.807, 2.05) is 0 Å². The molecule has 0 spiro atoms. The lowest BCUT2D eigenvalue weighted by Gasteiger charge is -2.35. The van der Waals surface area contributed by atoms with Crippen molar-refractivity contribution in [2.24, 2.45) is 5.92 Å². The lowest BCUT2D eigenvalue weighted by atomic mass is 9.69. The molecule has 0 N–H and O–H groups in total. The van der Waals surface area contributed by atoms with Gasteiger partial charge in [0.2, 0.25) is 0 Å². The molecule has 1 aliphatic carbocycles. The van der Waals surface area contributed by atoms with Gasteiger partial charge < -0.3 is 0 Å². The van der Waals surface area contributed by atoms with Gasteiger partial charge in [0.25, 0.3) is 0 Å². The molecule has 1 aliphatic rings. The van der Waals surface area contributed by atoms with E-state index < -0.39 is 0 Å². The van der Waals surface area contributed by atoms with Crippen molar-refractivity contribution >= 4 is 0 Å². The molecule has 2 aromatic rings. The largest absolute Gasteiger partial charge is 0.0622 e. The standard InChI is InChI=1S/C18H20/c1-13-12-14(2)18(15-8-4-3-5-9-15)17-11-7-6-10-16(13)17/h3-11,13-14,18H,12H2,1-2H3. The zero-order valence-electron chi connectivity index (χ0n) is 11.1. The SMILES string of the molecule is CC1CC(C)C(c2ccccc2)c2ccccc21. The number of hydrogen-bond acceptors (Lipinski definition) is 0. The van der Waals surface area contributed by atoms with E-state index in [-0.39, 0.29) is 0 Å². The van der Waals surface area contributed by atoms with Crippen LogP contribution in [0.3, 0.4) is 0 Å². The monoisotopic (exact) mass is 236 g/mol. The molecule has 3 unspecified atom stereocenters. The van der Waals surface area contributed by atoms with Gasteiger partial charge in [-0.1, -0.05) is 68.4 Å². The van der Waals surface area contributed by atoms with Crippen molar-refractivity contribution in [1.29, 1.82) is 0 Å². The number of hydrogen-bond donors (Lipinski definition) is 0. The summed E-state index contributed by atoms with van der Waals surface area (Å²) in [5.74, 6) is 1.98. The highest BCUT2D eigenvalue weighted by atomic mass is 14.3. The molecule has 0 nitrogen and oxygen atoms in total. The summed E-state index contributed by atoms with van der Waals surface area (Å²) in [5.41, 5.74) is 4.55. The van der Waals surface area contributed by atoms with Crippen molar-refractivity contribution < 1.29 is 0 Å². The second-order valence-corrected chi connectivity index (χ2v) is 5.63. The lowest BCUT2D eigenvalue weighted by molar-refractivity contribution is 0.406. The molecule has 0 saturated heterocycles. The molecule has 0 aliphatic heterocycles. The third-order valence-electron chi connectivity index (χ3n) is 4.32. The third-order valence-corrected chi connectivity index (χ3v) is 4.32.